The van der Waals surface area contributed by atoms with E-state index >= 15 is 0 Å². The Morgan fingerprint density at radius 2 is 1.82 bits per heavy atom. The molecule has 0 unspecified atom stereocenters. The van der Waals surface area contributed by atoms with Gasteiger partial charge >= 0.3 is 0 Å². The fourth-order valence-corrected chi connectivity index (χ4v) is 3.09. The molecule has 3 aromatic rings. The van der Waals surface area contributed by atoms with Crippen LogP contribution in [0.5, 0.6) is 0 Å². The zero-order valence-corrected chi connectivity index (χ0v) is 16.6. The fraction of sp³-hybridized carbons (Fsp3) is 0.318. The number of nitrogens with zero attached hydrogens (tertiary/aromatic N) is 3. The number of pyridine rings is 1. The minimum absolute atomic E-state index is 0.223. The van der Waals surface area contributed by atoms with E-state index in [0.717, 1.165) is 12.1 Å². The number of benzene rings is 1. The van der Waals surface area contributed by atoms with E-state index < -0.39 is 0 Å². The Hall–Kier alpha value is -3.15. The third kappa shape index (κ3) is 4.06. The van der Waals surface area contributed by atoms with E-state index in [1.54, 1.807) is 15.5 Å². The summed E-state index contributed by atoms with van der Waals surface area (Å²) >= 11 is 0. The smallest absolute Gasteiger partial charge is 0.287 e. The number of fused-ring (bicyclic) bond motifs is 1. The van der Waals surface area contributed by atoms with Gasteiger partial charge in [-0.25, -0.2) is 4.98 Å². The van der Waals surface area contributed by atoms with E-state index in [1.807, 2.05) is 55.5 Å². The summed E-state index contributed by atoms with van der Waals surface area (Å²) in [6.45, 7) is 7.22. The molecule has 3 rings (SSSR count). The van der Waals surface area contributed by atoms with Crippen molar-refractivity contribution < 1.29 is 9.59 Å². The highest BCUT2D eigenvalue weighted by molar-refractivity contribution is 6.10. The number of hydrogen-bond acceptors (Lipinski definition) is 3. The Balaban J connectivity index is 1.95. The van der Waals surface area contributed by atoms with Gasteiger partial charge in [0.25, 0.3) is 11.8 Å². The highest BCUT2D eigenvalue weighted by Gasteiger charge is 2.25. The predicted octanol–water partition coefficient (Wildman–Crippen LogP) is 3.78. The van der Waals surface area contributed by atoms with Crippen LogP contribution in [0.3, 0.4) is 0 Å². The number of carbonyl (C=O) groups excluding carboxylic acids is 2. The Morgan fingerprint density at radius 3 is 2.50 bits per heavy atom. The van der Waals surface area contributed by atoms with Crippen molar-refractivity contribution in [1.82, 2.24) is 14.7 Å². The molecule has 0 radical (unpaired) electrons. The third-order valence-electron chi connectivity index (χ3n) is 4.59. The molecule has 28 heavy (non-hydrogen) atoms. The van der Waals surface area contributed by atoms with E-state index in [1.165, 1.54) is 0 Å². The average molecular weight is 378 g/mol. The first-order valence-corrected chi connectivity index (χ1v) is 9.65. The van der Waals surface area contributed by atoms with Crippen molar-refractivity contribution in [3.8, 4) is 0 Å². The van der Waals surface area contributed by atoms with Crippen LogP contribution < -0.4 is 10.2 Å². The highest BCUT2D eigenvalue weighted by atomic mass is 16.2. The zero-order valence-electron chi connectivity index (χ0n) is 16.6. The second-order valence-electron chi connectivity index (χ2n) is 7.06. The van der Waals surface area contributed by atoms with Crippen LogP contribution in [0.2, 0.25) is 0 Å². The average Bonchev–Trinajstić information content (AvgIpc) is 3.09. The van der Waals surface area contributed by atoms with Crippen molar-refractivity contribution in [2.75, 3.05) is 18.0 Å². The Bertz CT molecular complexity index is 963. The van der Waals surface area contributed by atoms with Crippen LogP contribution in [0.4, 0.5) is 5.69 Å². The van der Waals surface area contributed by atoms with Gasteiger partial charge in [-0.15, -0.1) is 0 Å². The lowest BCUT2D eigenvalue weighted by Crippen LogP contribution is -2.31. The number of carbonyl (C=O) groups is 2. The number of imidazole rings is 1. The minimum Gasteiger partial charge on any atom is -0.349 e. The molecular formula is C22H26N4O2. The second-order valence-corrected chi connectivity index (χ2v) is 7.06. The van der Waals surface area contributed by atoms with Crippen molar-refractivity contribution in [2.45, 2.75) is 27.2 Å². The normalized spacial score (nSPS) is 11.0. The third-order valence-corrected chi connectivity index (χ3v) is 4.59. The minimum atomic E-state index is -0.274. The van der Waals surface area contributed by atoms with Crippen LogP contribution in [0, 0.1) is 5.92 Å². The molecule has 146 valence electrons. The van der Waals surface area contributed by atoms with Crippen molar-refractivity contribution in [2.24, 2.45) is 5.92 Å². The maximum Gasteiger partial charge on any atom is 0.287 e. The molecule has 2 heterocycles. The molecule has 6 nitrogen and oxygen atoms in total. The summed E-state index contributed by atoms with van der Waals surface area (Å²) in [7, 11) is 0. The number of rotatable bonds is 7. The number of nitrogens with one attached hydrogen (secondary N) is 1. The molecule has 0 fully saturated rings. The quantitative estimate of drug-likeness (QED) is 0.680. The standard InChI is InChI=1S/C22H26N4O2/c1-4-25(17-10-6-5-7-11-17)22(28)19-18-12-8-9-15-26(18)20(24-19)21(27)23-14-13-16(2)3/h5-12,15-16H,4,13-14H2,1-3H3,(H,23,27). The van der Waals surface area contributed by atoms with Crippen LogP contribution in [0.1, 0.15) is 48.3 Å². The van der Waals surface area contributed by atoms with E-state index in [2.05, 4.69) is 24.1 Å². The maximum absolute atomic E-state index is 13.2. The lowest BCUT2D eigenvalue weighted by Gasteiger charge is -2.20. The van der Waals surface area contributed by atoms with E-state index in [0.29, 0.717) is 24.5 Å². The highest BCUT2D eigenvalue weighted by Crippen LogP contribution is 2.20. The molecule has 0 aliphatic rings. The molecule has 0 saturated carbocycles. The first-order valence-electron chi connectivity index (χ1n) is 9.65. The van der Waals surface area contributed by atoms with Crippen LogP contribution in [-0.4, -0.2) is 34.3 Å². The molecule has 1 aromatic carbocycles. The number of aromatic nitrogens is 2. The van der Waals surface area contributed by atoms with Crippen molar-refractivity contribution in [1.29, 1.82) is 0 Å². The lowest BCUT2D eigenvalue weighted by atomic mass is 10.1. The molecular weight excluding hydrogens is 352 g/mol. The lowest BCUT2D eigenvalue weighted by molar-refractivity contribution is 0.0941. The first-order chi connectivity index (χ1) is 13.5. The van der Waals surface area contributed by atoms with Gasteiger partial charge in [-0.3, -0.25) is 14.0 Å². The van der Waals surface area contributed by atoms with Crippen LogP contribution >= 0.6 is 0 Å². The van der Waals surface area contributed by atoms with Gasteiger partial charge in [0.2, 0.25) is 5.82 Å². The van der Waals surface area contributed by atoms with Crippen molar-refractivity contribution in [3.05, 3.63) is 66.2 Å². The summed E-state index contributed by atoms with van der Waals surface area (Å²) in [5, 5.41) is 2.90. The Kier molecular flexibility index (Phi) is 6.09. The molecule has 2 amide bonds. The van der Waals surface area contributed by atoms with E-state index in [9.17, 15) is 9.59 Å². The molecule has 0 spiro atoms. The summed E-state index contributed by atoms with van der Waals surface area (Å²) < 4.78 is 1.68. The van der Waals surface area contributed by atoms with Gasteiger partial charge in [-0.05, 0) is 43.5 Å². The summed E-state index contributed by atoms with van der Waals surface area (Å²) in [6.07, 6.45) is 2.65. The molecule has 0 aliphatic heterocycles. The molecule has 2 aromatic heterocycles. The summed E-state index contributed by atoms with van der Waals surface area (Å²) in [5.41, 5.74) is 1.70. The molecule has 0 saturated heterocycles. The zero-order chi connectivity index (χ0) is 20.1. The van der Waals surface area contributed by atoms with Gasteiger partial charge in [-0.2, -0.15) is 0 Å². The van der Waals surface area contributed by atoms with Gasteiger partial charge < -0.3 is 10.2 Å². The van der Waals surface area contributed by atoms with Gasteiger partial charge in [0.05, 0.1) is 5.52 Å². The fourth-order valence-electron chi connectivity index (χ4n) is 3.09. The first kappa shape index (κ1) is 19.6. The van der Waals surface area contributed by atoms with Gasteiger partial charge in [-0.1, -0.05) is 38.1 Å². The predicted molar refractivity (Wildman–Crippen MR) is 111 cm³/mol. The summed E-state index contributed by atoms with van der Waals surface area (Å²) in [4.78, 5) is 32.0. The number of hydrogen-bond donors (Lipinski definition) is 1. The van der Waals surface area contributed by atoms with Gasteiger partial charge in [0.1, 0.15) is 0 Å². The molecule has 6 heteroatoms. The van der Waals surface area contributed by atoms with Gasteiger partial charge in [0.15, 0.2) is 5.69 Å². The number of para-hydroxylation sites is 1. The number of anilines is 1. The molecule has 0 bridgehead atoms. The maximum atomic E-state index is 13.2. The van der Waals surface area contributed by atoms with Crippen LogP contribution in [0.25, 0.3) is 5.52 Å². The largest absolute Gasteiger partial charge is 0.349 e. The summed E-state index contributed by atoms with van der Waals surface area (Å²) in [6, 6.07) is 14.9. The Morgan fingerprint density at radius 1 is 1.11 bits per heavy atom. The Labute approximate surface area is 165 Å². The summed E-state index contributed by atoms with van der Waals surface area (Å²) in [5.74, 6) is 0.229. The molecule has 0 aliphatic carbocycles. The van der Waals surface area contributed by atoms with Crippen molar-refractivity contribution >= 4 is 23.0 Å². The topological polar surface area (TPSA) is 66.7 Å². The van der Waals surface area contributed by atoms with Crippen molar-refractivity contribution in [3.63, 3.8) is 0 Å². The monoisotopic (exact) mass is 378 g/mol. The molecule has 0 atom stereocenters. The molecule has 1 N–H and O–H groups in total. The van der Waals surface area contributed by atoms with E-state index in [4.69, 9.17) is 0 Å². The second kappa shape index (κ2) is 8.69. The van der Waals surface area contributed by atoms with E-state index in [-0.39, 0.29) is 23.3 Å². The van der Waals surface area contributed by atoms with Crippen LogP contribution in [-0.2, 0) is 0 Å². The van der Waals surface area contributed by atoms with Gasteiger partial charge in [0, 0.05) is 25.0 Å². The SMILES string of the molecule is CCN(C(=O)c1nc(C(=O)NCCC(C)C)n2ccccc12)c1ccccc1. The number of amides is 2. The van der Waals surface area contributed by atoms with Crippen LogP contribution in [0.15, 0.2) is 54.7 Å².